The van der Waals surface area contributed by atoms with Crippen molar-refractivity contribution in [2.24, 2.45) is 5.92 Å². The Hall–Kier alpha value is -0.910. The zero-order chi connectivity index (χ0) is 15.5. The SMILES string of the molecule is Cc1ccc(S(=O)(=O)N(CC2CCCNC2)C(C)C)cc1. The molecule has 0 radical (unpaired) electrons. The minimum atomic E-state index is -3.41. The molecule has 1 saturated heterocycles. The van der Waals surface area contributed by atoms with Gasteiger partial charge in [-0.3, -0.25) is 0 Å². The van der Waals surface area contributed by atoms with E-state index < -0.39 is 10.0 Å². The third-order valence-corrected chi connectivity index (χ3v) is 6.10. The maximum Gasteiger partial charge on any atom is 0.243 e. The molecule has 1 aromatic rings. The van der Waals surface area contributed by atoms with Crippen molar-refractivity contribution in [3.8, 4) is 0 Å². The Kier molecular flexibility index (Phi) is 5.41. The first kappa shape index (κ1) is 16.5. The molecule has 2 rings (SSSR count). The van der Waals surface area contributed by atoms with Crippen LogP contribution >= 0.6 is 0 Å². The Balaban J connectivity index is 2.21. The van der Waals surface area contributed by atoms with Gasteiger partial charge in [-0.25, -0.2) is 8.42 Å². The van der Waals surface area contributed by atoms with E-state index in [1.165, 1.54) is 0 Å². The highest BCUT2D eigenvalue weighted by molar-refractivity contribution is 7.89. The molecule has 0 aromatic heterocycles. The first-order valence-corrected chi connectivity index (χ1v) is 9.14. The molecular weight excluding hydrogens is 284 g/mol. The lowest BCUT2D eigenvalue weighted by Crippen LogP contribution is -2.44. The lowest BCUT2D eigenvalue weighted by atomic mass is 9.99. The van der Waals surface area contributed by atoms with Gasteiger partial charge in [0, 0.05) is 12.6 Å². The molecule has 1 N–H and O–H groups in total. The van der Waals surface area contributed by atoms with Gasteiger partial charge >= 0.3 is 0 Å². The van der Waals surface area contributed by atoms with Gasteiger partial charge in [-0.1, -0.05) is 17.7 Å². The number of benzene rings is 1. The third-order valence-electron chi connectivity index (χ3n) is 4.04. The number of hydrogen-bond donors (Lipinski definition) is 1. The van der Waals surface area contributed by atoms with Crippen LogP contribution in [0.3, 0.4) is 0 Å². The van der Waals surface area contributed by atoms with Crippen LogP contribution in [-0.4, -0.2) is 38.4 Å². The summed E-state index contributed by atoms with van der Waals surface area (Å²) in [5.74, 6) is 0.404. The monoisotopic (exact) mass is 310 g/mol. The highest BCUT2D eigenvalue weighted by atomic mass is 32.2. The predicted molar refractivity (Wildman–Crippen MR) is 85.8 cm³/mol. The summed E-state index contributed by atoms with van der Waals surface area (Å²) in [6, 6.07) is 7.10. The zero-order valence-electron chi connectivity index (χ0n) is 13.2. The smallest absolute Gasteiger partial charge is 0.243 e. The van der Waals surface area contributed by atoms with Crippen molar-refractivity contribution in [1.29, 1.82) is 0 Å². The van der Waals surface area contributed by atoms with E-state index in [1.54, 1.807) is 16.4 Å². The molecule has 0 aliphatic carbocycles. The third kappa shape index (κ3) is 4.05. The molecule has 1 aromatic carbocycles. The van der Waals surface area contributed by atoms with Crippen LogP contribution in [0.2, 0.25) is 0 Å². The van der Waals surface area contributed by atoms with Crippen molar-refractivity contribution in [3.63, 3.8) is 0 Å². The van der Waals surface area contributed by atoms with Crippen LogP contribution in [0, 0.1) is 12.8 Å². The highest BCUT2D eigenvalue weighted by Crippen LogP contribution is 2.22. The molecule has 118 valence electrons. The van der Waals surface area contributed by atoms with Crippen LogP contribution in [-0.2, 0) is 10.0 Å². The normalized spacial score (nSPS) is 20.1. The number of hydrogen-bond acceptors (Lipinski definition) is 3. The van der Waals surface area contributed by atoms with Crippen molar-refractivity contribution in [3.05, 3.63) is 29.8 Å². The first-order chi connectivity index (χ1) is 9.91. The fourth-order valence-electron chi connectivity index (χ4n) is 2.77. The molecule has 1 heterocycles. The van der Waals surface area contributed by atoms with E-state index in [0.717, 1.165) is 31.5 Å². The second-order valence-electron chi connectivity index (χ2n) is 6.19. The zero-order valence-corrected chi connectivity index (χ0v) is 14.0. The van der Waals surface area contributed by atoms with E-state index in [9.17, 15) is 8.42 Å². The molecule has 1 aliphatic heterocycles. The fraction of sp³-hybridized carbons (Fsp3) is 0.625. The Morgan fingerprint density at radius 1 is 1.29 bits per heavy atom. The summed E-state index contributed by atoms with van der Waals surface area (Å²) in [4.78, 5) is 0.394. The Morgan fingerprint density at radius 2 is 1.95 bits per heavy atom. The van der Waals surface area contributed by atoms with Gasteiger partial charge < -0.3 is 5.32 Å². The summed E-state index contributed by atoms with van der Waals surface area (Å²) in [6.45, 7) is 8.41. The Bertz CT molecular complexity index is 546. The van der Waals surface area contributed by atoms with Gasteiger partial charge in [-0.05, 0) is 64.8 Å². The van der Waals surface area contributed by atoms with Crippen LogP contribution in [0.4, 0.5) is 0 Å². The van der Waals surface area contributed by atoms with Crippen LogP contribution in [0.1, 0.15) is 32.3 Å². The van der Waals surface area contributed by atoms with E-state index >= 15 is 0 Å². The lowest BCUT2D eigenvalue weighted by molar-refractivity contribution is 0.264. The number of nitrogens with zero attached hydrogens (tertiary/aromatic N) is 1. The van der Waals surface area contributed by atoms with E-state index in [0.29, 0.717) is 17.4 Å². The van der Waals surface area contributed by atoms with Gasteiger partial charge in [0.15, 0.2) is 0 Å². The van der Waals surface area contributed by atoms with Crippen molar-refractivity contribution in [1.82, 2.24) is 9.62 Å². The number of nitrogens with one attached hydrogen (secondary N) is 1. The molecular formula is C16H26N2O2S. The van der Waals surface area contributed by atoms with Gasteiger partial charge in [0.2, 0.25) is 10.0 Å². The second kappa shape index (κ2) is 6.90. The summed E-state index contributed by atoms with van der Waals surface area (Å²) in [5.41, 5.74) is 1.07. The minimum Gasteiger partial charge on any atom is -0.316 e. The van der Waals surface area contributed by atoms with Crippen molar-refractivity contribution in [2.45, 2.75) is 44.6 Å². The standard InChI is InChI=1S/C16H26N2O2S/c1-13(2)18(12-15-5-4-10-17-11-15)21(19,20)16-8-6-14(3)7-9-16/h6-9,13,15,17H,4-5,10-12H2,1-3H3. The molecule has 1 unspecified atom stereocenters. The van der Waals surface area contributed by atoms with Crippen molar-refractivity contribution >= 4 is 10.0 Å². The van der Waals surface area contributed by atoms with E-state index in [1.807, 2.05) is 32.9 Å². The minimum absolute atomic E-state index is 0.0294. The molecule has 4 nitrogen and oxygen atoms in total. The molecule has 0 saturated carbocycles. The van der Waals surface area contributed by atoms with Gasteiger partial charge in [0.1, 0.15) is 0 Å². The van der Waals surface area contributed by atoms with Gasteiger partial charge in [-0.15, -0.1) is 0 Å². The van der Waals surface area contributed by atoms with Crippen LogP contribution in [0.5, 0.6) is 0 Å². The molecule has 1 fully saturated rings. The Labute approximate surface area is 128 Å². The largest absolute Gasteiger partial charge is 0.316 e. The quantitative estimate of drug-likeness (QED) is 0.908. The first-order valence-electron chi connectivity index (χ1n) is 7.70. The van der Waals surface area contributed by atoms with E-state index in [-0.39, 0.29) is 6.04 Å². The van der Waals surface area contributed by atoms with Crippen molar-refractivity contribution in [2.75, 3.05) is 19.6 Å². The molecule has 21 heavy (non-hydrogen) atoms. The summed E-state index contributed by atoms with van der Waals surface area (Å²) in [7, 11) is -3.41. The number of piperidine rings is 1. The van der Waals surface area contributed by atoms with Gasteiger partial charge in [0.25, 0.3) is 0 Å². The summed E-state index contributed by atoms with van der Waals surface area (Å²) in [5, 5.41) is 3.36. The van der Waals surface area contributed by atoms with Crippen molar-refractivity contribution < 1.29 is 8.42 Å². The topological polar surface area (TPSA) is 49.4 Å². The average Bonchev–Trinajstić information content (AvgIpc) is 2.46. The highest BCUT2D eigenvalue weighted by Gasteiger charge is 2.29. The average molecular weight is 310 g/mol. The summed E-state index contributed by atoms with van der Waals surface area (Å²) < 4.78 is 27.4. The lowest BCUT2D eigenvalue weighted by Gasteiger charge is -2.32. The van der Waals surface area contributed by atoms with Gasteiger partial charge in [-0.2, -0.15) is 4.31 Å². The molecule has 1 atom stereocenters. The van der Waals surface area contributed by atoms with Crippen LogP contribution in [0.15, 0.2) is 29.2 Å². The maximum atomic E-state index is 12.9. The molecule has 5 heteroatoms. The maximum absolute atomic E-state index is 12.9. The summed E-state index contributed by atoms with van der Waals surface area (Å²) >= 11 is 0. The summed E-state index contributed by atoms with van der Waals surface area (Å²) in [6.07, 6.45) is 2.22. The van der Waals surface area contributed by atoms with E-state index in [4.69, 9.17) is 0 Å². The number of rotatable bonds is 5. The van der Waals surface area contributed by atoms with E-state index in [2.05, 4.69) is 5.32 Å². The van der Waals surface area contributed by atoms with Crippen LogP contribution in [0.25, 0.3) is 0 Å². The second-order valence-corrected chi connectivity index (χ2v) is 8.08. The van der Waals surface area contributed by atoms with Crippen LogP contribution < -0.4 is 5.32 Å². The predicted octanol–water partition coefficient (Wildman–Crippen LogP) is 2.39. The fourth-order valence-corrected chi connectivity index (χ4v) is 4.48. The molecule has 0 amide bonds. The number of sulfonamides is 1. The molecule has 0 bridgehead atoms. The number of aryl methyl sites for hydroxylation is 1. The molecule has 0 spiro atoms. The Morgan fingerprint density at radius 3 is 2.48 bits per heavy atom. The van der Waals surface area contributed by atoms with Gasteiger partial charge in [0.05, 0.1) is 4.90 Å². The molecule has 1 aliphatic rings.